The topological polar surface area (TPSA) is 33.7 Å². The van der Waals surface area contributed by atoms with E-state index in [9.17, 15) is 0 Å². The van der Waals surface area contributed by atoms with Crippen LogP contribution in [0, 0.1) is 0 Å². The van der Waals surface area contributed by atoms with Gasteiger partial charge in [-0.1, -0.05) is 20.3 Å². The second-order valence-electron chi connectivity index (χ2n) is 6.69. The molecule has 0 spiro atoms. The summed E-state index contributed by atoms with van der Waals surface area (Å²) in [6.45, 7) is 8.18. The number of nitrogens with zero attached hydrogens (tertiary/aromatic N) is 1. The van der Waals surface area contributed by atoms with Crippen LogP contribution in [-0.2, 0) is 9.47 Å². The zero-order chi connectivity index (χ0) is 14.4. The maximum Gasteiger partial charge on any atom is 0.0813 e. The number of hydrogen-bond acceptors (Lipinski definition) is 4. The number of ether oxygens (including phenoxy) is 2. The summed E-state index contributed by atoms with van der Waals surface area (Å²) in [7, 11) is 2.22. The fraction of sp³-hybridized carbons (Fsp3) is 1.00. The van der Waals surface area contributed by atoms with Crippen LogP contribution in [0.5, 0.6) is 0 Å². The second kappa shape index (κ2) is 8.32. The Hall–Kier alpha value is -0.160. The fourth-order valence-electron chi connectivity index (χ4n) is 3.11. The molecule has 2 aliphatic heterocycles. The Morgan fingerprint density at radius 1 is 1.15 bits per heavy atom. The van der Waals surface area contributed by atoms with Crippen LogP contribution in [0.25, 0.3) is 0 Å². The highest BCUT2D eigenvalue weighted by molar-refractivity contribution is 4.77. The lowest BCUT2D eigenvalue weighted by Crippen LogP contribution is -2.40. The van der Waals surface area contributed by atoms with Crippen molar-refractivity contribution in [3.05, 3.63) is 0 Å². The van der Waals surface area contributed by atoms with Crippen molar-refractivity contribution in [2.75, 3.05) is 33.4 Å². The van der Waals surface area contributed by atoms with Gasteiger partial charge in [-0.15, -0.1) is 0 Å². The molecule has 0 aromatic heterocycles. The summed E-state index contributed by atoms with van der Waals surface area (Å²) in [5, 5.41) is 3.45. The molecule has 118 valence electrons. The van der Waals surface area contributed by atoms with Gasteiger partial charge < -0.3 is 19.7 Å². The van der Waals surface area contributed by atoms with Gasteiger partial charge in [0, 0.05) is 18.6 Å². The molecule has 4 heteroatoms. The first-order valence-corrected chi connectivity index (χ1v) is 8.32. The van der Waals surface area contributed by atoms with Gasteiger partial charge in [0.25, 0.3) is 0 Å². The van der Waals surface area contributed by atoms with E-state index in [2.05, 4.69) is 31.1 Å². The van der Waals surface area contributed by atoms with Crippen molar-refractivity contribution < 1.29 is 9.47 Å². The zero-order valence-corrected chi connectivity index (χ0v) is 13.4. The Bertz CT molecular complexity index is 273. The van der Waals surface area contributed by atoms with Crippen molar-refractivity contribution >= 4 is 0 Å². The maximum absolute atomic E-state index is 6.03. The average molecular weight is 284 g/mol. The summed E-state index contributed by atoms with van der Waals surface area (Å²) in [6, 6.07) is 1.15. The van der Waals surface area contributed by atoms with E-state index in [0.29, 0.717) is 24.3 Å². The van der Waals surface area contributed by atoms with Crippen LogP contribution in [0.1, 0.15) is 46.0 Å². The first-order valence-electron chi connectivity index (χ1n) is 8.32. The Kier molecular flexibility index (Phi) is 6.75. The van der Waals surface area contributed by atoms with Gasteiger partial charge in [0.2, 0.25) is 0 Å². The molecule has 0 saturated carbocycles. The predicted molar refractivity (Wildman–Crippen MR) is 82.1 cm³/mol. The van der Waals surface area contributed by atoms with Crippen molar-refractivity contribution in [2.45, 2.75) is 70.2 Å². The molecule has 2 rings (SSSR count). The second-order valence-corrected chi connectivity index (χ2v) is 6.69. The van der Waals surface area contributed by atoms with E-state index in [0.717, 1.165) is 32.6 Å². The van der Waals surface area contributed by atoms with E-state index in [1.165, 1.54) is 25.8 Å². The summed E-state index contributed by atoms with van der Waals surface area (Å²) in [5.74, 6) is 0. The third-order valence-corrected chi connectivity index (χ3v) is 4.48. The van der Waals surface area contributed by atoms with E-state index in [-0.39, 0.29) is 0 Å². The van der Waals surface area contributed by atoms with Gasteiger partial charge in [-0.2, -0.15) is 0 Å². The molecular formula is C16H32N2O2. The van der Waals surface area contributed by atoms with Gasteiger partial charge in [-0.05, 0) is 39.3 Å². The lowest BCUT2D eigenvalue weighted by Gasteiger charge is -2.32. The molecule has 0 aliphatic carbocycles. The van der Waals surface area contributed by atoms with E-state index in [1.807, 2.05) is 0 Å². The van der Waals surface area contributed by atoms with Crippen molar-refractivity contribution in [3.8, 4) is 0 Å². The molecule has 3 atom stereocenters. The maximum atomic E-state index is 6.03. The smallest absolute Gasteiger partial charge is 0.0813 e. The minimum atomic E-state index is 0.308. The first kappa shape index (κ1) is 16.2. The highest BCUT2D eigenvalue weighted by atomic mass is 16.5. The molecule has 0 amide bonds. The molecule has 2 heterocycles. The number of likely N-dealkylation sites (tertiary alicyclic amines) is 1. The number of nitrogens with one attached hydrogen (secondary N) is 1. The summed E-state index contributed by atoms with van der Waals surface area (Å²) >= 11 is 0. The average Bonchev–Trinajstić information content (AvgIpc) is 2.87. The SMILES string of the molecule is CC(C)NCC1CCC(COCC2CCCCN2C)O1. The highest BCUT2D eigenvalue weighted by Crippen LogP contribution is 2.20. The molecule has 3 unspecified atom stereocenters. The summed E-state index contributed by atoms with van der Waals surface area (Å²) < 4.78 is 11.9. The molecule has 2 saturated heterocycles. The van der Waals surface area contributed by atoms with E-state index in [4.69, 9.17) is 9.47 Å². The Balaban J connectivity index is 1.56. The molecule has 0 radical (unpaired) electrons. The van der Waals surface area contributed by atoms with Crippen LogP contribution >= 0.6 is 0 Å². The van der Waals surface area contributed by atoms with Crippen molar-refractivity contribution in [3.63, 3.8) is 0 Å². The minimum absolute atomic E-state index is 0.308. The number of piperidine rings is 1. The van der Waals surface area contributed by atoms with Crippen LogP contribution < -0.4 is 5.32 Å². The Labute approximate surface area is 124 Å². The van der Waals surface area contributed by atoms with Gasteiger partial charge in [-0.3, -0.25) is 0 Å². The standard InChI is InChI=1S/C16H32N2O2/c1-13(2)17-10-15-7-8-16(20-15)12-19-11-14-6-4-5-9-18(14)3/h13-17H,4-12H2,1-3H3. The lowest BCUT2D eigenvalue weighted by atomic mass is 10.0. The van der Waals surface area contributed by atoms with E-state index >= 15 is 0 Å². The van der Waals surface area contributed by atoms with Crippen LogP contribution in [0.2, 0.25) is 0 Å². The van der Waals surface area contributed by atoms with Crippen LogP contribution in [0.3, 0.4) is 0 Å². The zero-order valence-electron chi connectivity index (χ0n) is 13.4. The van der Waals surface area contributed by atoms with Crippen LogP contribution in [-0.4, -0.2) is 62.5 Å². The normalized spacial score (nSPS) is 32.1. The molecule has 0 aromatic carbocycles. The fourth-order valence-corrected chi connectivity index (χ4v) is 3.11. The lowest BCUT2D eigenvalue weighted by molar-refractivity contribution is -0.0303. The molecule has 2 aliphatic rings. The number of likely N-dealkylation sites (N-methyl/N-ethyl adjacent to an activating group) is 1. The monoisotopic (exact) mass is 284 g/mol. The van der Waals surface area contributed by atoms with E-state index in [1.54, 1.807) is 0 Å². The molecule has 1 N–H and O–H groups in total. The molecule has 20 heavy (non-hydrogen) atoms. The van der Waals surface area contributed by atoms with Crippen LogP contribution in [0.4, 0.5) is 0 Å². The van der Waals surface area contributed by atoms with Crippen LogP contribution in [0.15, 0.2) is 0 Å². The molecule has 0 aromatic rings. The number of hydrogen-bond donors (Lipinski definition) is 1. The Morgan fingerprint density at radius 2 is 1.95 bits per heavy atom. The molecule has 0 bridgehead atoms. The molecule has 2 fully saturated rings. The molecular weight excluding hydrogens is 252 g/mol. The third kappa shape index (κ3) is 5.32. The quantitative estimate of drug-likeness (QED) is 0.775. The highest BCUT2D eigenvalue weighted by Gasteiger charge is 2.26. The largest absolute Gasteiger partial charge is 0.377 e. The van der Waals surface area contributed by atoms with E-state index < -0.39 is 0 Å². The first-order chi connectivity index (χ1) is 9.65. The van der Waals surface area contributed by atoms with Gasteiger partial charge in [0.15, 0.2) is 0 Å². The summed E-state index contributed by atoms with van der Waals surface area (Å²) in [4.78, 5) is 2.44. The third-order valence-electron chi connectivity index (χ3n) is 4.48. The summed E-state index contributed by atoms with van der Waals surface area (Å²) in [6.07, 6.45) is 6.96. The predicted octanol–water partition coefficient (Wildman–Crippen LogP) is 2.03. The van der Waals surface area contributed by atoms with Gasteiger partial charge in [0.1, 0.15) is 0 Å². The van der Waals surface area contributed by atoms with Crippen molar-refractivity contribution in [2.24, 2.45) is 0 Å². The van der Waals surface area contributed by atoms with Gasteiger partial charge >= 0.3 is 0 Å². The van der Waals surface area contributed by atoms with Gasteiger partial charge in [0.05, 0.1) is 25.4 Å². The number of rotatable bonds is 7. The minimum Gasteiger partial charge on any atom is -0.377 e. The van der Waals surface area contributed by atoms with Gasteiger partial charge in [-0.25, -0.2) is 0 Å². The van der Waals surface area contributed by atoms with Crippen molar-refractivity contribution in [1.82, 2.24) is 10.2 Å². The summed E-state index contributed by atoms with van der Waals surface area (Å²) in [5.41, 5.74) is 0. The van der Waals surface area contributed by atoms with Crippen molar-refractivity contribution in [1.29, 1.82) is 0 Å². The Morgan fingerprint density at radius 3 is 2.70 bits per heavy atom. The molecule has 4 nitrogen and oxygen atoms in total.